The van der Waals surface area contributed by atoms with Crippen LogP contribution in [-0.4, -0.2) is 60.1 Å². The Morgan fingerprint density at radius 2 is 1.91 bits per heavy atom. The maximum Gasteiger partial charge on any atom is 0.273 e. The minimum absolute atomic E-state index is 0.156. The average molecular weight is 480 g/mol. The van der Waals surface area contributed by atoms with Gasteiger partial charge in [-0.15, -0.1) is 0 Å². The van der Waals surface area contributed by atoms with Gasteiger partial charge < -0.3 is 24.2 Å². The zero-order valence-electron chi connectivity index (χ0n) is 21.0. The maximum absolute atomic E-state index is 13.4. The van der Waals surface area contributed by atoms with Crippen molar-refractivity contribution in [3.63, 3.8) is 0 Å². The van der Waals surface area contributed by atoms with Crippen molar-refractivity contribution < 1.29 is 24.1 Å². The molecule has 0 fully saturated rings. The highest BCUT2D eigenvalue weighted by Gasteiger charge is 2.42. The summed E-state index contributed by atoms with van der Waals surface area (Å²) in [6.45, 7) is 7.34. The van der Waals surface area contributed by atoms with Gasteiger partial charge in [-0.1, -0.05) is 25.5 Å². The highest BCUT2D eigenvalue weighted by Crippen LogP contribution is 2.46. The molecular formula is C27H33N3O5. The van der Waals surface area contributed by atoms with Crippen LogP contribution >= 0.6 is 0 Å². The van der Waals surface area contributed by atoms with Gasteiger partial charge in [0, 0.05) is 24.8 Å². The molecule has 1 atom stereocenters. The average Bonchev–Trinajstić information content (AvgIpc) is 3.39. The summed E-state index contributed by atoms with van der Waals surface area (Å²) in [5.41, 5.74) is 4.92. The molecule has 8 nitrogen and oxygen atoms in total. The van der Waals surface area contributed by atoms with Crippen molar-refractivity contribution in [1.29, 1.82) is 0 Å². The topological polar surface area (TPSA) is 96.9 Å². The van der Waals surface area contributed by atoms with E-state index in [0.29, 0.717) is 48.2 Å². The molecule has 4 rings (SSSR count). The largest absolute Gasteiger partial charge is 0.507 e. The van der Waals surface area contributed by atoms with Crippen LogP contribution in [0, 0.1) is 13.8 Å². The molecule has 35 heavy (non-hydrogen) atoms. The fourth-order valence-corrected chi connectivity index (χ4v) is 4.61. The minimum atomic E-state index is -0.430. The van der Waals surface area contributed by atoms with Gasteiger partial charge in [-0.05, 0) is 55.2 Å². The number of aryl methyl sites for hydroxylation is 2. The van der Waals surface area contributed by atoms with Gasteiger partial charge in [-0.3, -0.25) is 9.89 Å². The summed E-state index contributed by atoms with van der Waals surface area (Å²) in [5, 5.41) is 18.3. The molecule has 0 bridgehead atoms. The molecule has 2 N–H and O–H groups in total. The van der Waals surface area contributed by atoms with Gasteiger partial charge in [0.1, 0.15) is 17.1 Å². The van der Waals surface area contributed by atoms with E-state index in [1.54, 1.807) is 19.1 Å². The molecule has 1 aliphatic heterocycles. The number of aromatic amines is 1. The molecular weight excluding hydrogens is 446 g/mol. The predicted octanol–water partition coefficient (Wildman–Crippen LogP) is 4.78. The number of nitrogens with one attached hydrogen (secondary N) is 1. The summed E-state index contributed by atoms with van der Waals surface area (Å²) >= 11 is 0. The van der Waals surface area contributed by atoms with Crippen molar-refractivity contribution in [1.82, 2.24) is 15.1 Å². The quantitative estimate of drug-likeness (QED) is 0.406. The van der Waals surface area contributed by atoms with E-state index >= 15 is 0 Å². The third-order valence-electron chi connectivity index (χ3n) is 6.36. The Kier molecular flexibility index (Phi) is 7.31. The number of carbonyl (C=O) groups is 1. The molecule has 0 spiro atoms. The van der Waals surface area contributed by atoms with Crippen LogP contribution in [0.1, 0.15) is 58.5 Å². The molecule has 3 aromatic rings. The van der Waals surface area contributed by atoms with Gasteiger partial charge in [-0.2, -0.15) is 5.10 Å². The summed E-state index contributed by atoms with van der Waals surface area (Å²) in [6, 6.07) is 9.13. The van der Waals surface area contributed by atoms with Crippen molar-refractivity contribution >= 4 is 5.91 Å². The number of nitrogens with zero attached hydrogens (tertiary/aromatic N) is 2. The second kappa shape index (κ2) is 10.4. The van der Waals surface area contributed by atoms with Gasteiger partial charge in [0.2, 0.25) is 0 Å². The lowest BCUT2D eigenvalue weighted by atomic mass is 9.94. The van der Waals surface area contributed by atoms with Crippen LogP contribution in [0.3, 0.4) is 0 Å². The second-order valence-corrected chi connectivity index (χ2v) is 8.85. The monoisotopic (exact) mass is 479 g/mol. The van der Waals surface area contributed by atoms with Gasteiger partial charge in [0.15, 0.2) is 11.5 Å². The summed E-state index contributed by atoms with van der Waals surface area (Å²) in [5.74, 6) is 1.26. The normalized spacial score (nSPS) is 14.9. The van der Waals surface area contributed by atoms with Crippen LogP contribution in [0.15, 0.2) is 30.3 Å². The van der Waals surface area contributed by atoms with Crippen LogP contribution in [0.5, 0.6) is 17.2 Å². The Balaban J connectivity index is 1.84. The number of aromatic nitrogens is 2. The van der Waals surface area contributed by atoms with Gasteiger partial charge in [-0.25, -0.2) is 0 Å². The number of carbonyl (C=O) groups excluding carboxylic acids is 1. The van der Waals surface area contributed by atoms with Crippen LogP contribution in [0.2, 0.25) is 0 Å². The number of phenols is 1. The van der Waals surface area contributed by atoms with Crippen molar-refractivity contribution in [2.45, 2.75) is 39.7 Å². The Hall–Kier alpha value is -3.52. The summed E-state index contributed by atoms with van der Waals surface area (Å²) in [7, 11) is 3.22. The smallest absolute Gasteiger partial charge is 0.273 e. The van der Waals surface area contributed by atoms with E-state index < -0.39 is 6.04 Å². The number of unbranched alkanes of at least 4 members (excludes halogenated alkanes) is 1. The van der Waals surface area contributed by atoms with Crippen LogP contribution in [-0.2, 0) is 4.74 Å². The lowest BCUT2D eigenvalue weighted by molar-refractivity contribution is 0.0677. The number of ether oxygens (including phenoxy) is 3. The molecule has 0 saturated carbocycles. The number of H-pyrrole nitrogens is 1. The van der Waals surface area contributed by atoms with Gasteiger partial charge in [0.05, 0.1) is 26.4 Å². The van der Waals surface area contributed by atoms with Crippen LogP contribution in [0.25, 0.3) is 11.3 Å². The van der Waals surface area contributed by atoms with E-state index in [1.807, 2.05) is 44.2 Å². The van der Waals surface area contributed by atoms with E-state index in [4.69, 9.17) is 14.2 Å². The molecule has 186 valence electrons. The second-order valence-electron chi connectivity index (χ2n) is 8.85. The fraction of sp³-hybridized carbons (Fsp3) is 0.407. The molecule has 0 saturated heterocycles. The third-order valence-corrected chi connectivity index (χ3v) is 6.36. The van der Waals surface area contributed by atoms with Crippen molar-refractivity contribution in [2.75, 3.05) is 34.0 Å². The number of hydrogen-bond acceptors (Lipinski definition) is 6. The fourth-order valence-electron chi connectivity index (χ4n) is 4.61. The van der Waals surface area contributed by atoms with Gasteiger partial charge >= 0.3 is 0 Å². The van der Waals surface area contributed by atoms with E-state index in [9.17, 15) is 9.90 Å². The SMILES string of the molecule is CCCCOc1ccc(C2c3c(-c4cc(C)cc(C)c4O)n[nH]c3C(=O)N2CCOC)cc1OC. The Bertz CT molecular complexity index is 1220. The molecule has 1 aromatic heterocycles. The van der Waals surface area contributed by atoms with Crippen molar-refractivity contribution in [3.05, 3.63) is 58.3 Å². The summed E-state index contributed by atoms with van der Waals surface area (Å²) in [4.78, 5) is 15.2. The minimum Gasteiger partial charge on any atom is -0.507 e. The molecule has 0 aliphatic carbocycles. The number of fused-ring (bicyclic) bond motifs is 1. The summed E-state index contributed by atoms with van der Waals surface area (Å²) in [6.07, 6.45) is 1.99. The highest BCUT2D eigenvalue weighted by atomic mass is 16.5. The number of rotatable bonds is 10. The number of amides is 1. The number of aromatic hydroxyl groups is 1. The Morgan fingerprint density at radius 3 is 2.63 bits per heavy atom. The molecule has 1 unspecified atom stereocenters. The first-order valence-corrected chi connectivity index (χ1v) is 11.9. The van der Waals surface area contributed by atoms with Crippen molar-refractivity contribution in [2.24, 2.45) is 0 Å². The number of hydrogen-bond donors (Lipinski definition) is 2. The van der Waals surface area contributed by atoms with Crippen molar-refractivity contribution in [3.8, 4) is 28.5 Å². The number of benzene rings is 2. The first-order valence-electron chi connectivity index (χ1n) is 11.9. The molecule has 2 heterocycles. The third kappa shape index (κ3) is 4.58. The van der Waals surface area contributed by atoms with Gasteiger partial charge in [0.25, 0.3) is 5.91 Å². The predicted molar refractivity (Wildman–Crippen MR) is 133 cm³/mol. The molecule has 1 amide bonds. The standard InChI is InChI=1S/C27H33N3O5/c1-6-7-11-35-20-9-8-18(15-21(20)34-5)25-22-23(19-14-16(2)13-17(3)26(19)31)28-29-24(22)27(32)30(25)10-12-33-4/h8-9,13-15,25,31H,6-7,10-12H2,1-5H3,(H,28,29). The number of phenolic OH excluding ortho intramolecular Hbond substituents is 1. The molecule has 1 aliphatic rings. The lowest BCUT2D eigenvalue weighted by Crippen LogP contribution is -2.32. The van der Waals surface area contributed by atoms with E-state index in [2.05, 4.69) is 17.1 Å². The highest BCUT2D eigenvalue weighted by molar-refractivity contribution is 6.00. The van der Waals surface area contributed by atoms with Crippen LogP contribution in [0.4, 0.5) is 0 Å². The first kappa shape index (κ1) is 24.6. The van der Waals surface area contributed by atoms with E-state index in [1.165, 1.54) is 0 Å². The van der Waals surface area contributed by atoms with Crippen LogP contribution < -0.4 is 9.47 Å². The lowest BCUT2D eigenvalue weighted by Gasteiger charge is -2.27. The zero-order chi connectivity index (χ0) is 25.1. The molecule has 8 heteroatoms. The molecule has 2 aromatic carbocycles. The number of methoxy groups -OCH3 is 2. The maximum atomic E-state index is 13.4. The Morgan fingerprint density at radius 1 is 1.11 bits per heavy atom. The van der Waals surface area contributed by atoms with E-state index in [-0.39, 0.29) is 11.7 Å². The molecule has 0 radical (unpaired) electrons. The van der Waals surface area contributed by atoms with E-state index in [0.717, 1.165) is 35.1 Å². The zero-order valence-corrected chi connectivity index (χ0v) is 21.0. The summed E-state index contributed by atoms with van der Waals surface area (Å²) < 4.78 is 16.8. The first-order chi connectivity index (χ1) is 16.9. The Labute approximate surface area is 205 Å².